The predicted molar refractivity (Wildman–Crippen MR) is 271 cm³/mol. The summed E-state index contributed by atoms with van der Waals surface area (Å²) in [5.41, 5.74) is 12.7. The van der Waals surface area contributed by atoms with E-state index in [-0.39, 0.29) is 0 Å². The molecule has 7 nitrogen and oxygen atoms in total. The molecule has 12 rings (SSSR count). The molecule has 0 unspecified atom stereocenters. The fourth-order valence-electron chi connectivity index (χ4n) is 8.95. The summed E-state index contributed by atoms with van der Waals surface area (Å²) in [5, 5.41) is 2.42. The van der Waals surface area contributed by atoms with Gasteiger partial charge in [0.05, 0.1) is 11.0 Å². The van der Waals surface area contributed by atoms with Crippen LogP contribution in [0.2, 0.25) is 0 Å². The lowest BCUT2D eigenvalue weighted by atomic mass is 9.89. The Kier molecular flexibility index (Phi) is 10.0. The van der Waals surface area contributed by atoms with Gasteiger partial charge in [-0.25, -0.2) is 29.9 Å². The molecule has 12 aromatic rings. The smallest absolute Gasteiger partial charge is 0.164 e. The second-order valence-corrected chi connectivity index (χ2v) is 16.3. The van der Waals surface area contributed by atoms with E-state index in [4.69, 9.17) is 29.9 Å². The summed E-state index contributed by atoms with van der Waals surface area (Å²) >= 11 is 0. The van der Waals surface area contributed by atoms with Crippen molar-refractivity contribution < 1.29 is 0 Å². The van der Waals surface area contributed by atoms with Crippen molar-refractivity contribution in [2.45, 2.75) is 0 Å². The molecule has 0 fully saturated rings. The average molecular weight is 858 g/mol. The maximum Gasteiger partial charge on any atom is 0.164 e. The Morgan fingerprint density at radius 1 is 0.224 bits per heavy atom. The largest absolute Gasteiger partial charge is 0.309 e. The molecule has 7 heteroatoms. The van der Waals surface area contributed by atoms with Gasteiger partial charge in [-0.3, -0.25) is 0 Å². The van der Waals surface area contributed by atoms with Crippen molar-refractivity contribution in [3.8, 4) is 96.3 Å². The molecule has 0 saturated heterocycles. The van der Waals surface area contributed by atoms with E-state index in [1.807, 2.05) is 127 Å². The van der Waals surface area contributed by atoms with E-state index in [9.17, 15) is 0 Å². The molecule has 0 bridgehead atoms. The van der Waals surface area contributed by atoms with Crippen LogP contribution >= 0.6 is 0 Å². The summed E-state index contributed by atoms with van der Waals surface area (Å²) in [4.78, 5) is 30.7. The van der Waals surface area contributed by atoms with Crippen LogP contribution in [0, 0.1) is 0 Å². The number of benzene rings is 9. The minimum atomic E-state index is 0.574. The summed E-state index contributed by atoms with van der Waals surface area (Å²) < 4.78 is 2.36. The van der Waals surface area contributed by atoms with Gasteiger partial charge < -0.3 is 4.57 Å². The third-order valence-corrected chi connectivity index (χ3v) is 12.1. The molecule has 3 aromatic heterocycles. The van der Waals surface area contributed by atoms with Crippen LogP contribution in [0.3, 0.4) is 0 Å². The summed E-state index contributed by atoms with van der Waals surface area (Å²) in [6, 6.07) is 81.3. The zero-order valence-electron chi connectivity index (χ0n) is 36.1. The van der Waals surface area contributed by atoms with Crippen LogP contribution in [-0.4, -0.2) is 34.5 Å². The molecular formula is C60H39N7. The SMILES string of the molecule is c1ccc(-c2nc(-c3ccccc3)nc(-c3ccc(-c4ccccc4-c4nc(-c5ccccc5)nc(-c5ccccc5)n4)c(-c4cccc(-n5c6ccccc6c6ccccc65)c4)c3)n2)cc1. The van der Waals surface area contributed by atoms with Gasteiger partial charge in [0.1, 0.15) is 0 Å². The Bertz CT molecular complexity index is 3570. The van der Waals surface area contributed by atoms with E-state index in [1.165, 1.54) is 10.8 Å². The van der Waals surface area contributed by atoms with Gasteiger partial charge in [0.25, 0.3) is 0 Å². The van der Waals surface area contributed by atoms with Gasteiger partial charge in [0, 0.05) is 49.8 Å². The third kappa shape index (κ3) is 7.50. The Hall–Kier alpha value is -9.20. The molecule has 0 aliphatic rings. The highest BCUT2D eigenvalue weighted by molar-refractivity contribution is 6.09. The van der Waals surface area contributed by atoms with Crippen LogP contribution in [0.25, 0.3) is 118 Å². The fraction of sp³-hybridized carbons (Fsp3) is 0. The lowest BCUT2D eigenvalue weighted by Crippen LogP contribution is -2.02. The normalized spacial score (nSPS) is 11.3. The van der Waals surface area contributed by atoms with Crippen LogP contribution in [0.4, 0.5) is 0 Å². The topological polar surface area (TPSA) is 82.3 Å². The minimum Gasteiger partial charge on any atom is -0.309 e. The standard InChI is InChI=1S/C60H39N7/c1-5-20-40(21-6-1)55-61-56(41-22-7-2-8-23-41)64-59(63-55)45-36-37-48(52(39-45)44-28-19-29-46(38-44)67-53-34-17-15-31-49(53)50-32-16-18-35-54(50)67)47-30-13-14-33-51(47)60-65-57(42-24-9-3-10-25-42)62-58(66-60)43-26-11-4-12-27-43/h1-39H. The van der Waals surface area contributed by atoms with Gasteiger partial charge in [-0.15, -0.1) is 0 Å². The quantitative estimate of drug-likeness (QED) is 0.144. The fourth-order valence-corrected chi connectivity index (χ4v) is 8.95. The van der Waals surface area contributed by atoms with E-state index in [0.29, 0.717) is 34.9 Å². The first-order valence-corrected chi connectivity index (χ1v) is 22.3. The number of hydrogen-bond acceptors (Lipinski definition) is 6. The van der Waals surface area contributed by atoms with Gasteiger partial charge in [-0.1, -0.05) is 206 Å². The molecule has 314 valence electrons. The summed E-state index contributed by atoms with van der Waals surface area (Å²) in [6.45, 7) is 0. The van der Waals surface area contributed by atoms with Crippen molar-refractivity contribution in [1.82, 2.24) is 34.5 Å². The van der Waals surface area contributed by atoms with Crippen molar-refractivity contribution >= 4 is 21.8 Å². The van der Waals surface area contributed by atoms with E-state index in [2.05, 4.69) is 114 Å². The molecule has 0 aliphatic heterocycles. The Labute approximate surface area is 387 Å². The molecule has 0 spiro atoms. The van der Waals surface area contributed by atoms with Crippen molar-refractivity contribution in [3.05, 3.63) is 237 Å². The van der Waals surface area contributed by atoms with Crippen molar-refractivity contribution in [2.24, 2.45) is 0 Å². The van der Waals surface area contributed by atoms with Gasteiger partial charge in [0.2, 0.25) is 0 Å². The summed E-state index contributed by atoms with van der Waals surface area (Å²) in [7, 11) is 0. The molecule has 0 N–H and O–H groups in total. The molecule has 9 aromatic carbocycles. The summed E-state index contributed by atoms with van der Waals surface area (Å²) in [6.07, 6.45) is 0. The van der Waals surface area contributed by atoms with Crippen LogP contribution in [0.5, 0.6) is 0 Å². The van der Waals surface area contributed by atoms with E-state index < -0.39 is 0 Å². The molecular weight excluding hydrogens is 819 g/mol. The van der Waals surface area contributed by atoms with Crippen LogP contribution in [0.1, 0.15) is 0 Å². The maximum atomic E-state index is 5.18. The average Bonchev–Trinajstić information content (AvgIpc) is 3.76. The van der Waals surface area contributed by atoms with Crippen LogP contribution in [0.15, 0.2) is 237 Å². The first-order chi connectivity index (χ1) is 33.2. The van der Waals surface area contributed by atoms with Gasteiger partial charge in [0.15, 0.2) is 34.9 Å². The van der Waals surface area contributed by atoms with E-state index >= 15 is 0 Å². The van der Waals surface area contributed by atoms with Gasteiger partial charge >= 0.3 is 0 Å². The zero-order chi connectivity index (χ0) is 44.5. The highest BCUT2D eigenvalue weighted by atomic mass is 15.0. The maximum absolute atomic E-state index is 5.18. The molecule has 67 heavy (non-hydrogen) atoms. The highest BCUT2D eigenvalue weighted by Crippen LogP contribution is 2.42. The predicted octanol–water partition coefficient (Wildman–Crippen LogP) is 14.5. The first kappa shape index (κ1) is 39.4. The van der Waals surface area contributed by atoms with Crippen LogP contribution < -0.4 is 0 Å². The highest BCUT2D eigenvalue weighted by Gasteiger charge is 2.21. The number of nitrogens with zero attached hydrogens (tertiary/aromatic N) is 7. The van der Waals surface area contributed by atoms with Gasteiger partial charge in [-0.05, 0) is 52.6 Å². The third-order valence-electron chi connectivity index (χ3n) is 12.1. The van der Waals surface area contributed by atoms with Crippen molar-refractivity contribution in [3.63, 3.8) is 0 Å². The summed E-state index contributed by atoms with van der Waals surface area (Å²) in [5.74, 6) is 3.57. The zero-order valence-corrected chi connectivity index (χ0v) is 36.1. The van der Waals surface area contributed by atoms with Crippen molar-refractivity contribution in [2.75, 3.05) is 0 Å². The monoisotopic (exact) mass is 857 g/mol. The number of para-hydroxylation sites is 2. The number of aromatic nitrogens is 7. The Morgan fingerprint density at radius 2 is 0.597 bits per heavy atom. The van der Waals surface area contributed by atoms with Gasteiger partial charge in [-0.2, -0.15) is 0 Å². The lowest BCUT2D eigenvalue weighted by Gasteiger charge is -2.17. The molecule has 0 saturated carbocycles. The second-order valence-electron chi connectivity index (χ2n) is 16.3. The molecule has 0 aliphatic carbocycles. The Morgan fingerprint density at radius 3 is 1.09 bits per heavy atom. The molecule has 0 amide bonds. The second kappa shape index (κ2) is 17.1. The minimum absolute atomic E-state index is 0.574. The van der Waals surface area contributed by atoms with E-state index in [1.54, 1.807) is 0 Å². The molecule has 3 heterocycles. The lowest BCUT2D eigenvalue weighted by molar-refractivity contribution is 1.07. The number of fused-ring (bicyclic) bond motifs is 3. The van der Waals surface area contributed by atoms with Crippen LogP contribution in [-0.2, 0) is 0 Å². The number of rotatable bonds is 9. The Balaban J connectivity index is 1.09. The number of hydrogen-bond donors (Lipinski definition) is 0. The molecule has 0 radical (unpaired) electrons. The molecule has 0 atom stereocenters. The first-order valence-electron chi connectivity index (χ1n) is 22.3. The van der Waals surface area contributed by atoms with E-state index in [0.717, 1.165) is 72.4 Å². The van der Waals surface area contributed by atoms with Crippen molar-refractivity contribution in [1.29, 1.82) is 0 Å².